The summed E-state index contributed by atoms with van der Waals surface area (Å²) >= 11 is 1.54. The lowest BCUT2D eigenvalue weighted by Crippen LogP contribution is -2.24. The molecule has 1 fully saturated rings. The van der Waals surface area contributed by atoms with Crippen molar-refractivity contribution in [2.75, 3.05) is 0 Å². The SMILES string of the molecule is Cc1ccc(/N=C2/NC(=O)C(CCCc3ccccc3)S2)cc1. The van der Waals surface area contributed by atoms with Crippen molar-refractivity contribution in [3.63, 3.8) is 0 Å². The van der Waals surface area contributed by atoms with Crippen molar-refractivity contribution in [1.29, 1.82) is 0 Å². The second-order valence-corrected chi connectivity index (χ2v) is 6.92. The molecule has 1 atom stereocenters. The van der Waals surface area contributed by atoms with Gasteiger partial charge in [0, 0.05) is 0 Å². The van der Waals surface area contributed by atoms with Gasteiger partial charge in [-0.3, -0.25) is 4.79 Å². The van der Waals surface area contributed by atoms with Crippen LogP contribution in [0.1, 0.15) is 24.0 Å². The third-order valence-corrected chi connectivity index (χ3v) is 4.97. The van der Waals surface area contributed by atoms with Crippen LogP contribution in [0.5, 0.6) is 0 Å². The molecule has 0 radical (unpaired) electrons. The highest BCUT2D eigenvalue weighted by molar-refractivity contribution is 8.15. The molecule has 1 aliphatic rings. The molecule has 118 valence electrons. The molecule has 3 nitrogen and oxygen atoms in total. The second kappa shape index (κ2) is 7.47. The zero-order valence-corrected chi connectivity index (χ0v) is 14.0. The summed E-state index contributed by atoms with van der Waals surface area (Å²) in [6.07, 6.45) is 2.89. The first kappa shape index (κ1) is 15.8. The van der Waals surface area contributed by atoms with E-state index in [9.17, 15) is 4.79 Å². The van der Waals surface area contributed by atoms with Crippen LogP contribution in [0.4, 0.5) is 5.69 Å². The molecule has 1 N–H and O–H groups in total. The van der Waals surface area contributed by atoms with E-state index >= 15 is 0 Å². The van der Waals surface area contributed by atoms with E-state index in [0.717, 1.165) is 24.9 Å². The van der Waals surface area contributed by atoms with Crippen LogP contribution in [0.2, 0.25) is 0 Å². The predicted octanol–water partition coefficient (Wildman–Crippen LogP) is 4.24. The minimum absolute atomic E-state index is 0.0251. The van der Waals surface area contributed by atoms with Crippen LogP contribution >= 0.6 is 11.8 Å². The van der Waals surface area contributed by atoms with Crippen molar-refractivity contribution >= 4 is 28.5 Å². The van der Waals surface area contributed by atoms with Crippen LogP contribution < -0.4 is 5.32 Å². The topological polar surface area (TPSA) is 41.5 Å². The first-order valence-corrected chi connectivity index (χ1v) is 8.75. The smallest absolute Gasteiger partial charge is 0.239 e. The molecule has 0 aromatic heterocycles. The van der Waals surface area contributed by atoms with Gasteiger partial charge in [-0.25, -0.2) is 4.99 Å². The van der Waals surface area contributed by atoms with Crippen molar-refractivity contribution in [1.82, 2.24) is 5.32 Å². The van der Waals surface area contributed by atoms with Crippen molar-refractivity contribution in [2.45, 2.75) is 31.4 Å². The number of aryl methyl sites for hydroxylation is 2. The number of rotatable bonds is 5. The molecular formula is C19H20N2OS. The van der Waals surface area contributed by atoms with Gasteiger partial charge in [-0.1, -0.05) is 59.8 Å². The summed E-state index contributed by atoms with van der Waals surface area (Å²) < 4.78 is 0. The molecule has 1 aliphatic heterocycles. The number of nitrogens with one attached hydrogen (secondary N) is 1. The highest BCUT2D eigenvalue weighted by atomic mass is 32.2. The number of carbonyl (C=O) groups is 1. The van der Waals surface area contributed by atoms with E-state index in [4.69, 9.17) is 0 Å². The van der Waals surface area contributed by atoms with Crippen LogP contribution in [0.3, 0.4) is 0 Å². The number of hydrogen-bond acceptors (Lipinski definition) is 3. The molecule has 0 bridgehead atoms. The van der Waals surface area contributed by atoms with E-state index in [2.05, 4.69) is 34.6 Å². The number of hydrogen-bond donors (Lipinski definition) is 1. The molecule has 23 heavy (non-hydrogen) atoms. The largest absolute Gasteiger partial charge is 0.304 e. The Labute approximate surface area is 141 Å². The summed E-state index contributed by atoms with van der Waals surface area (Å²) in [5.74, 6) is 0.0777. The number of nitrogens with zero attached hydrogens (tertiary/aromatic N) is 1. The molecule has 1 amide bonds. The van der Waals surface area contributed by atoms with Crippen LogP contribution in [0.25, 0.3) is 0 Å². The molecule has 0 aliphatic carbocycles. The summed E-state index contributed by atoms with van der Waals surface area (Å²) in [7, 11) is 0. The number of carbonyl (C=O) groups excluding carboxylic acids is 1. The molecule has 0 spiro atoms. The van der Waals surface area contributed by atoms with Gasteiger partial charge in [-0.05, 0) is 43.9 Å². The van der Waals surface area contributed by atoms with Gasteiger partial charge in [-0.2, -0.15) is 0 Å². The molecular weight excluding hydrogens is 304 g/mol. The Balaban J connectivity index is 1.54. The van der Waals surface area contributed by atoms with E-state index in [1.165, 1.54) is 11.1 Å². The summed E-state index contributed by atoms with van der Waals surface area (Å²) in [5, 5.41) is 3.58. The second-order valence-electron chi connectivity index (χ2n) is 5.73. The van der Waals surface area contributed by atoms with Crippen molar-refractivity contribution in [3.8, 4) is 0 Å². The molecule has 0 saturated carbocycles. The third kappa shape index (κ3) is 4.45. The Bertz CT molecular complexity index is 695. The van der Waals surface area contributed by atoms with Crippen LogP contribution in [0, 0.1) is 6.92 Å². The normalized spacial score (nSPS) is 19.1. The molecule has 1 heterocycles. The standard InChI is InChI=1S/C19H20N2OS/c1-14-10-12-16(13-11-14)20-19-21-18(22)17(23-19)9-5-8-15-6-3-2-4-7-15/h2-4,6-7,10-13,17H,5,8-9H2,1H3,(H,20,21,22). The lowest BCUT2D eigenvalue weighted by molar-refractivity contribution is -0.118. The van der Waals surface area contributed by atoms with Gasteiger partial charge in [0.15, 0.2) is 5.17 Å². The Morgan fingerprint density at radius 2 is 1.83 bits per heavy atom. The van der Waals surface area contributed by atoms with Gasteiger partial charge in [0.05, 0.1) is 10.9 Å². The molecule has 1 unspecified atom stereocenters. The molecule has 4 heteroatoms. The highest BCUT2D eigenvalue weighted by Crippen LogP contribution is 2.26. The number of amidine groups is 1. The fourth-order valence-electron chi connectivity index (χ4n) is 2.52. The fraction of sp³-hybridized carbons (Fsp3) is 0.263. The summed E-state index contributed by atoms with van der Waals surface area (Å²) in [5.41, 5.74) is 3.41. The lowest BCUT2D eigenvalue weighted by Gasteiger charge is -2.05. The maximum Gasteiger partial charge on any atom is 0.239 e. The molecule has 1 saturated heterocycles. The van der Waals surface area contributed by atoms with Crippen molar-refractivity contribution < 1.29 is 4.79 Å². The van der Waals surface area contributed by atoms with Crippen molar-refractivity contribution in [2.24, 2.45) is 4.99 Å². The zero-order valence-electron chi connectivity index (χ0n) is 13.2. The van der Waals surface area contributed by atoms with Gasteiger partial charge in [0.1, 0.15) is 0 Å². The fourth-order valence-corrected chi connectivity index (χ4v) is 3.56. The van der Waals surface area contributed by atoms with E-state index in [0.29, 0.717) is 5.17 Å². The monoisotopic (exact) mass is 324 g/mol. The van der Waals surface area contributed by atoms with Gasteiger partial charge < -0.3 is 5.32 Å². The maximum atomic E-state index is 12.1. The molecule has 2 aromatic carbocycles. The van der Waals surface area contributed by atoms with Crippen LogP contribution in [-0.2, 0) is 11.2 Å². The number of amides is 1. The molecule has 2 aromatic rings. The quantitative estimate of drug-likeness (QED) is 0.894. The Morgan fingerprint density at radius 3 is 2.57 bits per heavy atom. The summed E-state index contributed by atoms with van der Waals surface area (Å²) in [6.45, 7) is 2.05. The number of thioether (sulfide) groups is 1. The highest BCUT2D eigenvalue weighted by Gasteiger charge is 2.29. The van der Waals surface area contributed by atoms with E-state index in [1.807, 2.05) is 37.3 Å². The zero-order chi connectivity index (χ0) is 16.1. The average Bonchev–Trinajstić information content (AvgIpc) is 2.90. The average molecular weight is 324 g/mol. The van der Waals surface area contributed by atoms with Gasteiger partial charge in [0.25, 0.3) is 0 Å². The number of benzene rings is 2. The first-order valence-electron chi connectivity index (χ1n) is 7.87. The Kier molecular flexibility index (Phi) is 5.13. The summed E-state index contributed by atoms with van der Waals surface area (Å²) in [4.78, 5) is 16.6. The van der Waals surface area contributed by atoms with E-state index in [-0.39, 0.29) is 11.2 Å². The summed E-state index contributed by atoms with van der Waals surface area (Å²) in [6, 6.07) is 18.4. The minimum atomic E-state index is -0.0251. The minimum Gasteiger partial charge on any atom is -0.304 e. The predicted molar refractivity (Wildman–Crippen MR) is 97.2 cm³/mol. The Hall–Kier alpha value is -2.07. The van der Waals surface area contributed by atoms with Crippen molar-refractivity contribution in [3.05, 3.63) is 65.7 Å². The van der Waals surface area contributed by atoms with E-state index in [1.54, 1.807) is 11.8 Å². The third-order valence-electron chi connectivity index (χ3n) is 3.82. The van der Waals surface area contributed by atoms with Gasteiger partial charge in [-0.15, -0.1) is 0 Å². The lowest BCUT2D eigenvalue weighted by atomic mass is 10.1. The van der Waals surface area contributed by atoms with Crippen LogP contribution in [-0.4, -0.2) is 16.3 Å². The van der Waals surface area contributed by atoms with Gasteiger partial charge in [0.2, 0.25) is 5.91 Å². The Morgan fingerprint density at radius 1 is 1.09 bits per heavy atom. The first-order chi connectivity index (χ1) is 11.2. The maximum absolute atomic E-state index is 12.1. The number of aliphatic imine (C=N–C) groups is 1. The van der Waals surface area contributed by atoms with E-state index < -0.39 is 0 Å². The molecule has 3 rings (SSSR count). The van der Waals surface area contributed by atoms with Crippen LogP contribution in [0.15, 0.2) is 59.6 Å². The van der Waals surface area contributed by atoms with Gasteiger partial charge >= 0.3 is 0 Å².